The van der Waals surface area contributed by atoms with Crippen LogP contribution in [0.25, 0.3) is 0 Å². The highest BCUT2D eigenvalue weighted by Crippen LogP contribution is 2.23. The molecule has 1 saturated heterocycles. The number of nitrogens with one attached hydrogen (secondary N) is 1. The molecular weight excluding hydrogens is 454 g/mol. The Kier molecular flexibility index (Phi) is 8.55. The molecule has 1 N–H and O–H groups in total. The SMILES string of the molecule is CC[C@@H](Oc1ccc(N(C)S(C)(=O)=O)cc1)C(=O)Nc1ccccc1C(=O)N1CCCCCC1. The van der Waals surface area contributed by atoms with E-state index in [4.69, 9.17) is 4.74 Å². The third-order valence-electron chi connectivity index (χ3n) is 5.95. The van der Waals surface area contributed by atoms with Crippen molar-refractivity contribution in [1.29, 1.82) is 0 Å². The molecule has 3 rings (SSSR count). The number of rotatable bonds is 8. The van der Waals surface area contributed by atoms with Gasteiger partial charge in [-0.25, -0.2) is 8.42 Å². The van der Waals surface area contributed by atoms with Crippen LogP contribution in [-0.2, 0) is 14.8 Å². The monoisotopic (exact) mass is 487 g/mol. The molecule has 8 nitrogen and oxygen atoms in total. The molecule has 1 aliphatic rings. The number of hydrogen-bond donors (Lipinski definition) is 1. The van der Waals surface area contributed by atoms with Crippen LogP contribution in [0.3, 0.4) is 0 Å². The highest BCUT2D eigenvalue weighted by Gasteiger charge is 2.24. The van der Waals surface area contributed by atoms with Gasteiger partial charge in [0, 0.05) is 20.1 Å². The smallest absolute Gasteiger partial charge is 0.265 e. The van der Waals surface area contributed by atoms with Gasteiger partial charge in [0.2, 0.25) is 10.0 Å². The number of carbonyl (C=O) groups excluding carboxylic acids is 2. The highest BCUT2D eigenvalue weighted by atomic mass is 32.2. The summed E-state index contributed by atoms with van der Waals surface area (Å²) in [7, 11) is -1.90. The van der Waals surface area contributed by atoms with Gasteiger partial charge in [-0.2, -0.15) is 0 Å². The second-order valence-electron chi connectivity index (χ2n) is 8.48. The topological polar surface area (TPSA) is 96.0 Å². The number of anilines is 2. The molecule has 0 radical (unpaired) electrons. The zero-order chi connectivity index (χ0) is 24.7. The van der Waals surface area contributed by atoms with Crippen molar-refractivity contribution in [2.75, 3.05) is 36.0 Å². The van der Waals surface area contributed by atoms with Gasteiger partial charge in [0.05, 0.1) is 23.2 Å². The number of ether oxygens (including phenoxy) is 1. The molecule has 184 valence electrons. The van der Waals surface area contributed by atoms with Crippen LogP contribution in [0.4, 0.5) is 11.4 Å². The van der Waals surface area contributed by atoms with Crippen molar-refractivity contribution in [1.82, 2.24) is 4.90 Å². The van der Waals surface area contributed by atoms with Crippen LogP contribution in [0.15, 0.2) is 48.5 Å². The van der Waals surface area contributed by atoms with Crippen LogP contribution in [0.5, 0.6) is 5.75 Å². The number of sulfonamides is 1. The van der Waals surface area contributed by atoms with Crippen molar-refractivity contribution >= 4 is 33.2 Å². The molecule has 0 saturated carbocycles. The van der Waals surface area contributed by atoms with Crippen molar-refractivity contribution in [3.05, 3.63) is 54.1 Å². The first-order valence-corrected chi connectivity index (χ1v) is 13.5. The molecule has 2 amide bonds. The third kappa shape index (κ3) is 6.50. The first-order chi connectivity index (χ1) is 16.2. The number of amides is 2. The molecule has 1 atom stereocenters. The molecule has 1 aliphatic heterocycles. The lowest BCUT2D eigenvalue weighted by molar-refractivity contribution is -0.122. The quantitative estimate of drug-likeness (QED) is 0.609. The molecule has 1 heterocycles. The van der Waals surface area contributed by atoms with E-state index in [0.29, 0.717) is 29.1 Å². The van der Waals surface area contributed by atoms with E-state index in [-0.39, 0.29) is 11.8 Å². The van der Waals surface area contributed by atoms with Crippen LogP contribution in [0.1, 0.15) is 49.4 Å². The lowest BCUT2D eigenvalue weighted by atomic mass is 10.1. The van der Waals surface area contributed by atoms with Crippen molar-refractivity contribution in [3.8, 4) is 5.75 Å². The minimum atomic E-state index is -3.37. The number of benzene rings is 2. The Morgan fingerprint density at radius 1 is 1.03 bits per heavy atom. The van der Waals surface area contributed by atoms with Gasteiger partial charge >= 0.3 is 0 Å². The fraction of sp³-hybridized carbons (Fsp3) is 0.440. The first kappa shape index (κ1) is 25.6. The average Bonchev–Trinajstić information content (AvgIpc) is 3.11. The minimum Gasteiger partial charge on any atom is -0.481 e. The van der Waals surface area contributed by atoms with Crippen LogP contribution >= 0.6 is 0 Å². The molecule has 1 fully saturated rings. The normalized spacial score (nSPS) is 15.2. The highest BCUT2D eigenvalue weighted by molar-refractivity contribution is 7.92. The van der Waals surface area contributed by atoms with E-state index in [1.807, 2.05) is 11.8 Å². The summed E-state index contributed by atoms with van der Waals surface area (Å²) in [6, 6.07) is 13.5. The number of likely N-dealkylation sites (tertiary alicyclic amines) is 1. The summed E-state index contributed by atoms with van der Waals surface area (Å²) in [5, 5.41) is 2.87. The lowest BCUT2D eigenvalue weighted by Crippen LogP contribution is -2.35. The zero-order valence-electron chi connectivity index (χ0n) is 20.0. The van der Waals surface area contributed by atoms with E-state index in [1.54, 1.807) is 48.5 Å². The summed E-state index contributed by atoms with van der Waals surface area (Å²) in [6.45, 7) is 3.29. The molecule has 2 aromatic carbocycles. The first-order valence-electron chi connectivity index (χ1n) is 11.6. The molecular formula is C25H33N3O5S. The minimum absolute atomic E-state index is 0.0719. The molecule has 0 aromatic heterocycles. The Balaban J connectivity index is 1.70. The largest absolute Gasteiger partial charge is 0.481 e. The number of para-hydroxylation sites is 1. The summed E-state index contributed by atoms with van der Waals surface area (Å²) in [6.07, 6.45) is 5.01. The molecule has 2 aromatic rings. The third-order valence-corrected chi connectivity index (χ3v) is 7.15. The fourth-order valence-electron chi connectivity index (χ4n) is 3.85. The van der Waals surface area contributed by atoms with E-state index < -0.39 is 16.1 Å². The van der Waals surface area contributed by atoms with Crippen LogP contribution in [0, 0.1) is 0 Å². The molecule has 0 aliphatic carbocycles. The van der Waals surface area contributed by atoms with Gasteiger partial charge in [0.15, 0.2) is 6.10 Å². The van der Waals surface area contributed by atoms with Crippen LogP contribution < -0.4 is 14.4 Å². The van der Waals surface area contributed by atoms with E-state index >= 15 is 0 Å². The summed E-state index contributed by atoms with van der Waals surface area (Å²) in [5.41, 5.74) is 1.43. The molecule has 34 heavy (non-hydrogen) atoms. The summed E-state index contributed by atoms with van der Waals surface area (Å²) < 4.78 is 30.5. The summed E-state index contributed by atoms with van der Waals surface area (Å²) in [5.74, 6) is 0.0230. The van der Waals surface area contributed by atoms with Gasteiger partial charge in [0.1, 0.15) is 5.75 Å². The Hall–Kier alpha value is -3.07. The van der Waals surface area contributed by atoms with Crippen molar-refractivity contribution in [3.63, 3.8) is 0 Å². The Bertz CT molecular complexity index is 1090. The summed E-state index contributed by atoms with van der Waals surface area (Å²) >= 11 is 0. The number of nitrogens with zero attached hydrogens (tertiary/aromatic N) is 2. The van der Waals surface area contributed by atoms with Crippen LogP contribution in [-0.4, -0.2) is 57.6 Å². The van der Waals surface area contributed by atoms with Crippen molar-refractivity contribution in [2.24, 2.45) is 0 Å². The molecule has 9 heteroatoms. The van der Waals surface area contributed by atoms with Gasteiger partial charge in [-0.15, -0.1) is 0 Å². The van der Waals surface area contributed by atoms with E-state index in [0.717, 1.165) is 45.0 Å². The van der Waals surface area contributed by atoms with Gasteiger partial charge in [-0.05, 0) is 55.7 Å². The van der Waals surface area contributed by atoms with Crippen molar-refractivity contribution < 1.29 is 22.7 Å². The van der Waals surface area contributed by atoms with E-state index in [1.165, 1.54) is 11.4 Å². The van der Waals surface area contributed by atoms with Gasteiger partial charge in [0.25, 0.3) is 11.8 Å². The Labute approximate surface area is 201 Å². The second kappa shape index (κ2) is 11.4. The predicted molar refractivity (Wildman–Crippen MR) is 134 cm³/mol. The molecule has 0 bridgehead atoms. The lowest BCUT2D eigenvalue weighted by Gasteiger charge is -2.23. The predicted octanol–water partition coefficient (Wildman–Crippen LogP) is 3.89. The summed E-state index contributed by atoms with van der Waals surface area (Å²) in [4.78, 5) is 28.0. The van der Waals surface area contributed by atoms with Gasteiger partial charge in [-0.3, -0.25) is 13.9 Å². The standard InChI is InChI=1S/C25H33N3O5S/c1-4-23(33-20-15-13-19(14-16-20)27(2)34(3,31)32)24(29)26-22-12-8-7-11-21(22)25(30)28-17-9-5-6-10-18-28/h7-8,11-16,23H,4-6,9-10,17-18H2,1-3H3,(H,26,29)/t23-/m1/s1. The van der Waals surface area contributed by atoms with Gasteiger partial charge in [-0.1, -0.05) is 31.9 Å². The fourth-order valence-corrected chi connectivity index (χ4v) is 4.35. The van der Waals surface area contributed by atoms with E-state index in [2.05, 4.69) is 5.32 Å². The maximum atomic E-state index is 13.1. The van der Waals surface area contributed by atoms with E-state index in [9.17, 15) is 18.0 Å². The Morgan fingerprint density at radius 3 is 2.24 bits per heavy atom. The van der Waals surface area contributed by atoms with Gasteiger partial charge < -0.3 is 15.0 Å². The molecule has 0 spiro atoms. The zero-order valence-corrected chi connectivity index (χ0v) is 20.8. The average molecular weight is 488 g/mol. The second-order valence-corrected chi connectivity index (χ2v) is 10.5. The maximum Gasteiger partial charge on any atom is 0.265 e. The molecule has 0 unspecified atom stereocenters. The number of carbonyl (C=O) groups is 2. The maximum absolute atomic E-state index is 13.1. The van der Waals surface area contributed by atoms with Crippen LogP contribution in [0.2, 0.25) is 0 Å². The number of hydrogen-bond acceptors (Lipinski definition) is 5. The Morgan fingerprint density at radius 2 is 1.65 bits per heavy atom. The van der Waals surface area contributed by atoms with Crippen molar-refractivity contribution in [2.45, 2.75) is 45.1 Å².